The molecular formula is C12H12N2O. The number of hydrogen-bond acceptors (Lipinski definition) is 3. The molecule has 2 rings (SSSR count). The summed E-state index contributed by atoms with van der Waals surface area (Å²) in [4.78, 5) is 8.24. The van der Waals surface area contributed by atoms with Gasteiger partial charge in [0.25, 0.3) is 0 Å². The zero-order chi connectivity index (χ0) is 10.7. The summed E-state index contributed by atoms with van der Waals surface area (Å²) in [6.45, 7) is 1.90. The number of aromatic nitrogens is 2. The Kier molecular flexibility index (Phi) is 2.74. The highest BCUT2D eigenvalue weighted by Gasteiger charge is 2.11. The van der Waals surface area contributed by atoms with Gasteiger partial charge in [0.05, 0.1) is 5.69 Å². The van der Waals surface area contributed by atoms with E-state index in [9.17, 15) is 5.11 Å². The Hall–Kier alpha value is -1.74. The molecule has 0 spiro atoms. The van der Waals surface area contributed by atoms with Crippen molar-refractivity contribution in [2.75, 3.05) is 0 Å². The number of aliphatic hydroxyl groups excluding tert-OH is 1. The van der Waals surface area contributed by atoms with Crippen molar-refractivity contribution in [3.8, 4) is 0 Å². The number of rotatable bonds is 2. The predicted molar refractivity (Wildman–Crippen MR) is 57.3 cm³/mol. The largest absolute Gasteiger partial charge is 0.382 e. The normalized spacial score (nSPS) is 12.4. The second kappa shape index (κ2) is 4.19. The first-order chi connectivity index (χ1) is 7.27. The van der Waals surface area contributed by atoms with Gasteiger partial charge in [0.15, 0.2) is 0 Å². The molecule has 0 saturated heterocycles. The zero-order valence-electron chi connectivity index (χ0n) is 8.46. The molecule has 1 N–H and O–H groups in total. The highest BCUT2D eigenvalue weighted by atomic mass is 16.3. The van der Waals surface area contributed by atoms with Gasteiger partial charge in [-0.15, -0.1) is 0 Å². The van der Waals surface area contributed by atoms with Gasteiger partial charge in [-0.2, -0.15) is 0 Å². The molecule has 0 fully saturated rings. The van der Waals surface area contributed by atoms with E-state index in [4.69, 9.17) is 0 Å². The summed E-state index contributed by atoms with van der Waals surface area (Å²) in [7, 11) is 0. The lowest BCUT2D eigenvalue weighted by atomic mass is 10.1. The summed E-state index contributed by atoms with van der Waals surface area (Å²) < 4.78 is 0. The Balaban J connectivity index is 2.32. The van der Waals surface area contributed by atoms with E-state index in [0.717, 1.165) is 11.3 Å². The second-order valence-electron chi connectivity index (χ2n) is 3.39. The minimum Gasteiger partial charge on any atom is -0.382 e. The Morgan fingerprint density at radius 3 is 2.73 bits per heavy atom. The molecule has 0 aliphatic rings. The van der Waals surface area contributed by atoms with Crippen LogP contribution >= 0.6 is 0 Å². The van der Waals surface area contributed by atoms with Gasteiger partial charge in [-0.05, 0) is 25.1 Å². The van der Waals surface area contributed by atoms with E-state index in [-0.39, 0.29) is 0 Å². The summed E-state index contributed by atoms with van der Waals surface area (Å²) in [5, 5.41) is 10.0. The second-order valence-corrected chi connectivity index (χ2v) is 3.39. The summed E-state index contributed by atoms with van der Waals surface area (Å²) >= 11 is 0. The van der Waals surface area contributed by atoms with Crippen LogP contribution in [0.1, 0.15) is 23.1 Å². The average Bonchev–Trinajstić information content (AvgIpc) is 2.29. The van der Waals surface area contributed by atoms with E-state index >= 15 is 0 Å². The van der Waals surface area contributed by atoms with Gasteiger partial charge < -0.3 is 5.11 Å². The van der Waals surface area contributed by atoms with Gasteiger partial charge in [-0.1, -0.05) is 12.1 Å². The van der Waals surface area contributed by atoms with Crippen LogP contribution in [0.5, 0.6) is 0 Å². The van der Waals surface area contributed by atoms with E-state index in [1.807, 2.05) is 31.2 Å². The van der Waals surface area contributed by atoms with E-state index in [1.165, 1.54) is 0 Å². The Morgan fingerprint density at radius 2 is 2.07 bits per heavy atom. The van der Waals surface area contributed by atoms with E-state index in [1.54, 1.807) is 18.5 Å². The molecule has 15 heavy (non-hydrogen) atoms. The Labute approximate surface area is 88.5 Å². The highest BCUT2D eigenvalue weighted by molar-refractivity contribution is 5.23. The fourth-order valence-corrected chi connectivity index (χ4v) is 1.42. The molecule has 0 aliphatic heterocycles. The van der Waals surface area contributed by atoms with Crippen LogP contribution in [0.3, 0.4) is 0 Å². The van der Waals surface area contributed by atoms with Gasteiger partial charge in [-0.25, -0.2) is 0 Å². The standard InChI is InChI=1S/C12H12N2O/c1-9-4-2-6-11(14-9)12(15)10-5-3-7-13-8-10/h2-8,12,15H,1H3. The van der Waals surface area contributed by atoms with Crippen molar-refractivity contribution in [3.05, 3.63) is 59.7 Å². The quantitative estimate of drug-likeness (QED) is 0.804. The topological polar surface area (TPSA) is 46.0 Å². The van der Waals surface area contributed by atoms with Gasteiger partial charge >= 0.3 is 0 Å². The summed E-state index contributed by atoms with van der Waals surface area (Å²) in [5.41, 5.74) is 2.31. The van der Waals surface area contributed by atoms with Crippen LogP contribution in [0.2, 0.25) is 0 Å². The molecule has 3 heteroatoms. The van der Waals surface area contributed by atoms with Crippen molar-refractivity contribution in [1.82, 2.24) is 9.97 Å². The van der Waals surface area contributed by atoms with E-state index in [2.05, 4.69) is 9.97 Å². The fourth-order valence-electron chi connectivity index (χ4n) is 1.42. The first-order valence-electron chi connectivity index (χ1n) is 4.79. The third kappa shape index (κ3) is 2.19. The van der Waals surface area contributed by atoms with Crippen LogP contribution < -0.4 is 0 Å². The molecule has 0 saturated carbocycles. The molecule has 2 heterocycles. The van der Waals surface area contributed by atoms with Gasteiger partial charge in [0.2, 0.25) is 0 Å². The molecule has 0 amide bonds. The third-order valence-corrected chi connectivity index (χ3v) is 2.19. The number of hydrogen-bond donors (Lipinski definition) is 1. The molecule has 76 valence electrons. The maximum absolute atomic E-state index is 10.0. The fraction of sp³-hybridized carbons (Fsp3) is 0.167. The van der Waals surface area contributed by atoms with Crippen molar-refractivity contribution >= 4 is 0 Å². The molecule has 2 aromatic heterocycles. The average molecular weight is 200 g/mol. The molecular weight excluding hydrogens is 188 g/mol. The molecule has 2 aromatic rings. The molecule has 3 nitrogen and oxygen atoms in total. The molecule has 0 aliphatic carbocycles. The van der Waals surface area contributed by atoms with Crippen LogP contribution in [-0.4, -0.2) is 15.1 Å². The molecule has 0 radical (unpaired) electrons. The van der Waals surface area contributed by atoms with Crippen molar-refractivity contribution in [3.63, 3.8) is 0 Å². The maximum atomic E-state index is 10.0. The first kappa shape index (κ1) is 9.80. The van der Waals surface area contributed by atoms with Gasteiger partial charge in [0.1, 0.15) is 6.10 Å². The minimum atomic E-state index is -0.696. The van der Waals surface area contributed by atoms with E-state index < -0.39 is 6.10 Å². The summed E-state index contributed by atoms with van der Waals surface area (Å²) in [6, 6.07) is 9.23. The highest BCUT2D eigenvalue weighted by Crippen LogP contribution is 2.18. The van der Waals surface area contributed by atoms with Gasteiger partial charge in [-0.3, -0.25) is 9.97 Å². The smallest absolute Gasteiger partial charge is 0.122 e. The van der Waals surface area contributed by atoms with Crippen molar-refractivity contribution in [2.24, 2.45) is 0 Å². The zero-order valence-corrected chi connectivity index (χ0v) is 8.46. The van der Waals surface area contributed by atoms with Gasteiger partial charge in [0, 0.05) is 23.7 Å². The Morgan fingerprint density at radius 1 is 1.20 bits per heavy atom. The monoisotopic (exact) mass is 200 g/mol. The molecule has 1 atom stereocenters. The van der Waals surface area contributed by atoms with Crippen LogP contribution in [0, 0.1) is 6.92 Å². The SMILES string of the molecule is Cc1cccc(C(O)c2cccnc2)n1. The van der Waals surface area contributed by atoms with Crippen LogP contribution in [0.4, 0.5) is 0 Å². The number of aliphatic hydroxyl groups is 1. The first-order valence-corrected chi connectivity index (χ1v) is 4.79. The van der Waals surface area contributed by atoms with Crippen molar-refractivity contribution in [2.45, 2.75) is 13.0 Å². The Bertz CT molecular complexity index is 442. The summed E-state index contributed by atoms with van der Waals surface area (Å²) in [5.74, 6) is 0. The molecule has 0 aromatic carbocycles. The van der Waals surface area contributed by atoms with Crippen molar-refractivity contribution < 1.29 is 5.11 Å². The lowest BCUT2D eigenvalue weighted by Crippen LogP contribution is -2.03. The number of pyridine rings is 2. The van der Waals surface area contributed by atoms with Crippen LogP contribution in [0.25, 0.3) is 0 Å². The van der Waals surface area contributed by atoms with Crippen LogP contribution in [0.15, 0.2) is 42.7 Å². The molecule has 1 unspecified atom stereocenters. The van der Waals surface area contributed by atoms with E-state index in [0.29, 0.717) is 5.69 Å². The maximum Gasteiger partial charge on any atom is 0.122 e. The predicted octanol–water partition coefficient (Wildman–Crippen LogP) is 1.87. The lowest BCUT2D eigenvalue weighted by molar-refractivity contribution is 0.214. The minimum absolute atomic E-state index is 0.656. The van der Waals surface area contributed by atoms with Crippen molar-refractivity contribution in [1.29, 1.82) is 0 Å². The molecule has 0 bridgehead atoms. The number of nitrogens with zero attached hydrogens (tertiary/aromatic N) is 2. The number of aryl methyl sites for hydroxylation is 1. The summed E-state index contributed by atoms with van der Waals surface area (Å²) in [6.07, 6.45) is 2.63. The lowest BCUT2D eigenvalue weighted by Gasteiger charge is -2.09. The van der Waals surface area contributed by atoms with Crippen LogP contribution in [-0.2, 0) is 0 Å². The third-order valence-electron chi connectivity index (χ3n) is 2.19.